The van der Waals surface area contributed by atoms with Gasteiger partial charge in [0.2, 0.25) is 11.8 Å². The lowest BCUT2D eigenvalue weighted by Crippen LogP contribution is -2.45. The van der Waals surface area contributed by atoms with E-state index in [1.807, 2.05) is 48.5 Å². The third-order valence-corrected chi connectivity index (χ3v) is 8.87. The smallest absolute Gasteiger partial charge is 0.243 e. The summed E-state index contributed by atoms with van der Waals surface area (Å²) in [5, 5.41) is 21.0. The van der Waals surface area contributed by atoms with E-state index < -0.39 is 12.2 Å². The van der Waals surface area contributed by atoms with Crippen LogP contribution < -0.4 is 10.8 Å². The van der Waals surface area contributed by atoms with Crippen molar-refractivity contribution < 1.29 is 29.4 Å². The summed E-state index contributed by atoms with van der Waals surface area (Å²) in [6.07, 6.45) is 6.73. The first-order valence-electron chi connectivity index (χ1n) is 15.8. The molecule has 3 aliphatic heterocycles. The van der Waals surface area contributed by atoms with Gasteiger partial charge in [0.25, 0.3) is 0 Å². The Bertz CT molecular complexity index is 1170. The van der Waals surface area contributed by atoms with Gasteiger partial charge in [-0.05, 0) is 81.4 Å². The van der Waals surface area contributed by atoms with E-state index in [2.05, 4.69) is 15.1 Å². The number of ether oxygens (including phenoxy) is 2. The molecule has 3 saturated heterocycles. The fraction of sp³-hybridized carbons (Fsp3) is 0.576. The first kappa shape index (κ1) is 31.6. The first-order chi connectivity index (χ1) is 21.0. The quantitative estimate of drug-likeness (QED) is 0.154. The number of amides is 2. The van der Waals surface area contributed by atoms with Crippen LogP contribution in [-0.4, -0.2) is 76.8 Å². The number of hydrogen-bond donors (Lipinski definition) is 4. The van der Waals surface area contributed by atoms with Crippen LogP contribution in [-0.2, 0) is 25.7 Å². The van der Waals surface area contributed by atoms with Gasteiger partial charge in [0.1, 0.15) is 0 Å². The normalized spacial score (nSPS) is 24.7. The predicted molar refractivity (Wildman–Crippen MR) is 162 cm³/mol. The summed E-state index contributed by atoms with van der Waals surface area (Å²) in [5.74, 6) is -0.569. The lowest BCUT2D eigenvalue weighted by atomic mass is 9.99. The molecule has 4 unspecified atom stereocenters. The number of anilines is 1. The third kappa shape index (κ3) is 9.07. The average molecular weight is 595 g/mol. The molecule has 43 heavy (non-hydrogen) atoms. The van der Waals surface area contributed by atoms with Crippen LogP contribution in [0.25, 0.3) is 0 Å². The topological polar surface area (TPSA) is 124 Å². The zero-order valence-electron chi connectivity index (χ0n) is 25.0. The molecule has 0 saturated carbocycles. The number of nitrogens with one attached hydrogen (secondary N) is 2. The fourth-order valence-electron chi connectivity index (χ4n) is 6.47. The van der Waals surface area contributed by atoms with E-state index in [1.165, 1.54) is 38.8 Å². The number of carbonyl (C=O) groups is 2. The van der Waals surface area contributed by atoms with Crippen molar-refractivity contribution in [2.45, 2.75) is 88.9 Å². The van der Waals surface area contributed by atoms with E-state index in [4.69, 9.17) is 14.7 Å². The number of aliphatic hydroxyl groups is 1. The zero-order valence-corrected chi connectivity index (χ0v) is 25.0. The van der Waals surface area contributed by atoms with Crippen molar-refractivity contribution in [3.8, 4) is 0 Å². The summed E-state index contributed by atoms with van der Waals surface area (Å²) in [6, 6.07) is 16.1. The molecule has 10 heteroatoms. The van der Waals surface area contributed by atoms with Crippen molar-refractivity contribution in [1.29, 1.82) is 0 Å². The molecule has 5 rings (SSSR count). The second-order valence-electron chi connectivity index (χ2n) is 12.1. The minimum Gasteiger partial charge on any atom is -0.392 e. The van der Waals surface area contributed by atoms with Gasteiger partial charge in [-0.3, -0.25) is 19.7 Å². The second kappa shape index (κ2) is 15.7. The molecule has 2 aromatic rings. The molecule has 3 heterocycles. The maximum Gasteiger partial charge on any atom is 0.243 e. The molecular formula is C33H46N4O6. The highest BCUT2D eigenvalue weighted by Gasteiger charge is 2.36. The Morgan fingerprint density at radius 1 is 0.837 bits per heavy atom. The number of carbonyl (C=O) groups excluding carboxylic acids is 2. The molecule has 234 valence electrons. The van der Waals surface area contributed by atoms with Crippen molar-refractivity contribution in [3.05, 3.63) is 65.2 Å². The number of benzene rings is 2. The van der Waals surface area contributed by atoms with E-state index >= 15 is 0 Å². The van der Waals surface area contributed by atoms with Crippen LogP contribution >= 0.6 is 0 Å². The molecular weight excluding hydrogens is 548 g/mol. The lowest BCUT2D eigenvalue weighted by molar-refractivity contribution is -0.253. The molecule has 4 N–H and O–H groups in total. The number of unbranched alkanes of at least 4 members (excludes halogenated alkanes) is 1. The van der Waals surface area contributed by atoms with E-state index in [0.717, 1.165) is 42.7 Å². The highest BCUT2D eigenvalue weighted by molar-refractivity contribution is 5.90. The van der Waals surface area contributed by atoms with E-state index in [0.29, 0.717) is 31.0 Å². The van der Waals surface area contributed by atoms with Crippen LogP contribution in [0.2, 0.25) is 0 Å². The van der Waals surface area contributed by atoms with Crippen LogP contribution in [0.3, 0.4) is 0 Å². The van der Waals surface area contributed by atoms with Gasteiger partial charge < -0.3 is 24.8 Å². The van der Waals surface area contributed by atoms with Crippen molar-refractivity contribution in [1.82, 2.24) is 15.3 Å². The molecule has 3 fully saturated rings. The number of nitrogens with zero attached hydrogens (tertiary/aromatic N) is 2. The molecule has 4 atom stereocenters. The summed E-state index contributed by atoms with van der Waals surface area (Å²) in [6.45, 7) is 5.55. The Kier molecular flexibility index (Phi) is 11.6. The summed E-state index contributed by atoms with van der Waals surface area (Å²) < 4.78 is 13.1. The monoisotopic (exact) mass is 594 g/mol. The molecule has 0 aromatic heterocycles. The van der Waals surface area contributed by atoms with Gasteiger partial charge in [-0.2, -0.15) is 0 Å². The second-order valence-corrected chi connectivity index (χ2v) is 12.1. The van der Waals surface area contributed by atoms with Gasteiger partial charge in [0.15, 0.2) is 6.29 Å². The van der Waals surface area contributed by atoms with Gasteiger partial charge in [-0.25, -0.2) is 5.48 Å². The van der Waals surface area contributed by atoms with Gasteiger partial charge in [-0.1, -0.05) is 36.4 Å². The minimum absolute atomic E-state index is 0.00717. The molecule has 0 radical (unpaired) electrons. The van der Waals surface area contributed by atoms with Crippen molar-refractivity contribution in [3.63, 3.8) is 0 Å². The highest BCUT2D eigenvalue weighted by atomic mass is 16.7. The summed E-state index contributed by atoms with van der Waals surface area (Å²) in [7, 11) is 0. The maximum atomic E-state index is 12.4. The Morgan fingerprint density at radius 2 is 1.53 bits per heavy atom. The number of hydrogen-bond acceptors (Lipinski definition) is 8. The fourth-order valence-corrected chi connectivity index (χ4v) is 6.47. The number of hydroxylamine groups is 1. The molecule has 0 spiro atoms. The van der Waals surface area contributed by atoms with E-state index in [1.54, 1.807) is 5.48 Å². The Morgan fingerprint density at radius 3 is 2.23 bits per heavy atom. The molecule has 3 aliphatic rings. The van der Waals surface area contributed by atoms with Crippen LogP contribution in [0, 0.1) is 0 Å². The molecule has 0 aliphatic carbocycles. The number of aliphatic hydroxyl groups excluding tert-OH is 1. The number of rotatable bonds is 13. The van der Waals surface area contributed by atoms with Gasteiger partial charge in [-0.15, -0.1) is 0 Å². The standard InChI is InChI=1S/C33H46N4O6/c38-23-24-9-11-25(12-10-24)30-20-29(22-37-19-5-6-28(37)21-36-17-3-4-18-36)42-33(43-30)26-13-15-27(16-14-26)34-31(39)7-1-2-8-32(40)35-41/h9-16,28-30,33,38,41H,1-8,17-23H2,(H,34,39)(H,35,40). The van der Waals surface area contributed by atoms with Gasteiger partial charge in [0, 0.05) is 49.6 Å². The predicted octanol–water partition coefficient (Wildman–Crippen LogP) is 4.29. The average Bonchev–Trinajstić information content (AvgIpc) is 3.72. The van der Waals surface area contributed by atoms with E-state index in [-0.39, 0.29) is 31.1 Å². The maximum absolute atomic E-state index is 12.4. The minimum atomic E-state index is -0.539. The van der Waals surface area contributed by atoms with E-state index in [9.17, 15) is 14.7 Å². The van der Waals surface area contributed by atoms with Gasteiger partial charge >= 0.3 is 0 Å². The summed E-state index contributed by atoms with van der Waals surface area (Å²) >= 11 is 0. The largest absolute Gasteiger partial charge is 0.392 e. The van der Waals surface area contributed by atoms with Crippen molar-refractivity contribution in [2.24, 2.45) is 0 Å². The molecule has 2 aromatic carbocycles. The molecule has 2 amide bonds. The van der Waals surface area contributed by atoms with Crippen LogP contribution in [0.15, 0.2) is 48.5 Å². The van der Waals surface area contributed by atoms with Crippen molar-refractivity contribution in [2.75, 3.05) is 38.0 Å². The van der Waals surface area contributed by atoms with Crippen LogP contribution in [0.5, 0.6) is 0 Å². The Labute approximate surface area is 254 Å². The third-order valence-electron chi connectivity index (χ3n) is 8.87. The summed E-state index contributed by atoms with van der Waals surface area (Å²) in [5.41, 5.74) is 5.13. The lowest BCUT2D eigenvalue weighted by Gasteiger charge is -2.39. The van der Waals surface area contributed by atoms with Gasteiger partial charge in [0.05, 0.1) is 18.8 Å². The van der Waals surface area contributed by atoms with Crippen LogP contribution in [0.1, 0.15) is 86.9 Å². The number of likely N-dealkylation sites (tertiary alicyclic amines) is 2. The highest BCUT2D eigenvalue weighted by Crippen LogP contribution is 2.39. The Balaban J connectivity index is 1.22. The first-order valence-corrected chi connectivity index (χ1v) is 15.8. The van der Waals surface area contributed by atoms with Crippen LogP contribution in [0.4, 0.5) is 5.69 Å². The Hall–Kier alpha value is -2.86. The SMILES string of the molecule is O=C(CCCCC(=O)Nc1ccc(C2OC(CN3CCCC3CN3CCCC3)CC(c3ccc(CO)cc3)O2)cc1)NO. The zero-order chi connectivity index (χ0) is 30.0. The van der Waals surface area contributed by atoms with Crippen molar-refractivity contribution >= 4 is 17.5 Å². The molecule has 0 bridgehead atoms. The molecule has 10 nitrogen and oxygen atoms in total. The summed E-state index contributed by atoms with van der Waals surface area (Å²) in [4.78, 5) is 28.7.